The Morgan fingerprint density at radius 2 is 2.22 bits per heavy atom. The van der Waals surface area contributed by atoms with E-state index >= 15 is 0 Å². The highest BCUT2D eigenvalue weighted by Crippen LogP contribution is 2.30. The molecule has 0 bridgehead atoms. The predicted octanol–water partition coefficient (Wildman–Crippen LogP) is 1.69. The molecule has 18 heavy (non-hydrogen) atoms. The number of nitriles is 1. The number of benzene rings is 1. The van der Waals surface area contributed by atoms with E-state index in [9.17, 15) is 5.02 Å². The van der Waals surface area contributed by atoms with E-state index < -0.39 is 7.12 Å². The van der Waals surface area contributed by atoms with Crippen molar-refractivity contribution in [3.05, 3.63) is 40.6 Å². The summed E-state index contributed by atoms with van der Waals surface area (Å²) in [6.07, 6.45) is 0. The third-order valence-electron chi connectivity index (χ3n) is 2.87. The van der Waals surface area contributed by atoms with Gasteiger partial charge in [-0.1, -0.05) is 11.6 Å². The van der Waals surface area contributed by atoms with Crippen LogP contribution in [0.3, 0.4) is 0 Å². The maximum atomic E-state index is 9.65. The Bertz CT molecular complexity index is 662. The smallest absolute Gasteiger partial charge is 0.446 e. The van der Waals surface area contributed by atoms with Crippen molar-refractivity contribution >= 4 is 24.2 Å². The van der Waals surface area contributed by atoms with E-state index in [-0.39, 0.29) is 5.76 Å². The third-order valence-corrected chi connectivity index (χ3v) is 3.19. The van der Waals surface area contributed by atoms with E-state index in [0.717, 1.165) is 5.56 Å². The first-order chi connectivity index (χ1) is 8.69. The van der Waals surface area contributed by atoms with Gasteiger partial charge in [0.1, 0.15) is 11.8 Å². The highest BCUT2D eigenvalue weighted by atomic mass is 35.5. The number of fused-ring (bicyclic) bond motifs is 1. The maximum Gasteiger partial charge on any atom is 0.491 e. The molecule has 4 nitrogen and oxygen atoms in total. The van der Waals surface area contributed by atoms with Gasteiger partial charge in [-0.15, -0.1) is 0 Å². The summed E-state index contributed by atoms with van der Waals surface area (Å²) in [4.78, 5) is 0. The molecule has 3 rings (SSSR count). The fraction of sp³-hybridized carbons (Fsp3) is 0.0833. The Kier molecular flexibility index (Phi) is 2.64. The number of furan rings is 1. The summed E-state index contributed by atoms with van der Waals surface area (Å²) in [6, 6.07) is 8.64. The van der Waals surface area contributed by atoms with Gasteiger partial charge in [0.15, 0.2) is 0 Å². The number of nitrogens with zero attached hydrogens (tertiary/aromatic N) is 1. The van der Waals surface area contributed by atoms with Crippen LogP contribution in [-0.2, 0) is 11.3 Å². The van der Waals surface area contributed by atoms with Crippen LogP contribution >= 0.6 is 11.6 Å². The SMILES string of the molecule is N#Cc1ccc(-c2cc3c(cc2Cl)COB3O)o1. The van der Waals surface area contributed by atoms with E-state index in [2.05, 4.69) is 0 Å². The normalized spacial score (nSPS) is 13.5. The van der Waals surface area contributed by atoms with Crippen molar-refractivity contribution in [2.75, 3.05) is 0 Å². The lowest BCUT2D eigenvalue weighted by Crippen LogP contribution is -2.28. The Balaban J connectivity index is 2.13. The lowest BCUT2D eigenvalue weighted by atomic mass is 9.78. The summed E-state index contributed by atoms with van der Waals surface area (Å²) < 4.78 is 10.4. The second-order valence-corrected chi connectivity index (χ2v) is 4.38. The largest absolute Gasteiger partial charge is 0.491 e. The molecule has 0 aliphatic carbocycles. The zero-order valence-electron chi connectivity index (χ0n) is 9.18. The maximum absolute atomic E-state index is 9.65. The van der Waals surface area contributed by atoms with Crippen LogP contribution in [0.25, 0.3) is 11.3 Å². The Morgan fingerprint density at radius 1 is 1.39 bits per heavy atom. The topological polar surface area (TPSA) is 66.4 Å². The molecule has 2 aromatic rings. The second kappa shape index (κ2) is 4.18. The van der Waals surface area contributed by atoms with Crippen LogP contribution in [0.2, 0.25) is 5.02 Å². The molecule has 0 unspecified atom stereocenters. The molecule has 0 atom stereocenters. The van der Waals surface area contributed by atoms with Crippen LogP contribution in [0.1, 0.15) is 11.3 Å². The van der Waals surface area contributed by atoms with Gasteiger partial charge in [0.25, 0.3) is 0 Å². The van der Waals surface area contributed by atoms with Crippen LogP contribution < -0.4 is 5.46 Å². The van der Waals surface area contributed by atoms with Gasteiger partial charge in [0, 0.05) is 5.56 Å². The van der Waals surface area contributed by atoms with Gasteiger partial charge in [0.2, 0.25) is 5.76 Å². The van der Waals surface area contributed by atoms with Crippen molar-refractivity contribution in [1.82, 2.24) is 0 Å². The zero-order valence-corrected chi connectivity index (χ0v) is 9.94. The van der Waals surface area contributed by atoms with Gasteiger partial charge in [-0.2, -0.15) is 5.26 Å². The number of rotatable bonds is 1. The minimum Gasteiger partial charge on any atom is -0.446 e. The molecule has 0 spiro atoms. The van der Waals surface area contributed by atoms with E-state index in [1.807, 2.05) is 6.07 Å². The molecule has 0 radical (unpaired) electrons. The fourth-order valence-corrected chi connectivity index (χ4v) is 2.26. The van der Waals surface area contributed by atoms with E-state index in [4.69, 9.17) is 25.9 Å². The van der Waals surface area contributed by atoms with Crippen molar-refractivity contribution in [1.29, 1.82) is 5.26 Å². The number of halogens is 1. The molecule has 2 heterocycles. The highest BCUT2D eigenvalue weighted by Gasteiger charge is 2.29. The molecule has 1 aromatic carbocycles. The van der Waals surface area contributed by atoms with Crippen LogP contribution in [0.15, 0.2) is 28.7 Å². The molecule has 0 fully saturated rings. The minimum absolute atomic E-state index is 0.221. The molecule has 0 saturated carbocycles. The molecule has 6 heteroatoms. The molecule has 0 saturated heterocycles. The van der Waals surface area contributed by atoms with Crippen molar-refractivity contribution in [3.8, 4) is 17.4 Å². The first kappa shape index (κ1) is 11.4. The molecular formula is C12H7BClNO3. The van der Waals surface area contributed by atoms with Gasteiger partial charge >= 0.3 is 7.12 Å². The summed E-state index contributed by atoms with van der Waals surface area (Å²) in [6.45, 7) is 0.345. The summed E-state index contributed by atoms with van der Waals surface area (Å²) in [5, 5.41) is 18.9. The number of hydrogen-bond acceptors (Lipinski definition) is 4. The van der Waals surface area contributed by atoms with Gasteiger partial charge in [-0.3, -0.25) is 0 Å². The van der Waals surface area contributed by atoms with E-state index in [0.29, 0.717) is 28.4 Å². The van der Waals surface area contributed by atoms with Gasteiger partial charge in [-0.25, -0.2) is 0 Å². The third kappa shape index (κ3) is 1.71. The second-order valence-electron chi connectivity index (χ2n) is 3.97. The quantitative estimate of drug-likeness (QED) is 0.791. The molecule has 1 aliphatic heterocycles. The van der Waals surface area contributed by atoms with Crippen LogP contribution in [0.4, 0.5) is 0 Å². The average Bonchev–Trinajstić information content (AvgIpc) is 2.96. The zero-order chi connectivity index (χ0) is 12.7. The molecule has 1 aliphatic rings. The van der Waals surface area contributed by atoms with Gasteiger partial charge < -0.3 is 14.1 Å². The van der Waals surface area contributed by atoms with Crippen molar-refractivity contribution in [2.45, 2.75) is 6.61 Å². The average molecular weight is 259 g/mol. The Labute approximate surface area is 109 Å². The van der Waals surface area contributed by atoms with Crippen molar-refractivity contribution in [2.24, 2.45) is 0 Å². The highest BCUT2D eigenvalue weighted by molar-refractivity contribution is 6.61. The molecule has 1 aromatic heterocycles. The molecule has 0 amide bonds. The van der Waals surface area contributed by atoms with Crippen molar-refractivity contribution in [3.63, 3.8) is 0 Å². The Morgan fingerprint density at radius 3 is 2.94 bits per heavy atom. The molecule has 1 N–H and O–H groups in total. The van der Waals surface area contributed by atoms with Crippen LogP contribution in [-0.4, -0.2) is 12.1 Å². The minimum atomic E-state index is -0.929. The van der Waals surface area contributed by atoms with Crippen LogP contribution in [0, 0.1) is 11.3 Å². The lowest BCUT2D eigenvalue weighted by Gasteiger charge is -2.05. The summed E-state index contributed by atoms with van der Waals surface area (Å²) in [7, 11) is -0.929. The predicted molar refractivity (Wildman–Crippen MR) is 66.3 cm³/mol. The Hall–Kier alpha value is -1.74. The molecule has 88 valence electrons. The van der Waals surface area contributed by atoms with Gasteiger partial charge in [0.05, 0.1) is 11.6 Å². The van der Waals surface area contributed by atoms with Crippen molar-refractivity contribution < 1.29 is 14.1 Å². The fourth-order valence-electron chi connectivity index (χ4n) is 1.98. The lowest BCUT2D eigenvalue weighted by molar-refractivity contribution is 0.275. The molecular weight excluding hydrogens is 252 g/mol. The van der Waals surface area contributed by atoms with E-state index in [1.165, 1.54) is 0 Å². The van der Waals surface area contributed by atoms with Crippen LogP contribution in [0.5, 0.6) is 0 Å². The van der Waals surface area contributed by atoms with E-state index in [1.54, 1.807) is 24.3 Å². The number of hydrogen-bond donors (Lipinski definition) is 1. The first-order valence-corrected chi connectivity index (χ1v) is 5.69. The summed E-state index contributed by atoms with van der Waals surface area (Å²) in [5.41, 5.74) is 2.19. The monoisotopic (exact) mass is 259 g/mol. The first-order valence-electron chi connectivity index (χ1n) is 5.31. The summed E-state index contributed by atoms with van der Waals surface area (Å²) in [5.74, 6) is 0.719. The summed E-state index contributed by atoms with van der Waals surface area (Å²) >= 11 is 6.16. The standard InChI is InChI=1S/C12H7BClNO3/c14-11-3-7-6-17-13(16)10(7)4-9(11)12-2-1-8(5-15)18-12/h1-4,16H,6H2. The van der Waals surface area contributed by atoms with Gasteiger partial charge in [-0.05, 0) is 35.3 Å².